The summed E-state index contributed by atoms with van der Waals surface area (Å²) in [5, 5.41) is 21.3. The smallest absolute Gasteiger partial charge is 0.303 e. The second-order valence-corrected chi connectivity index (χ2v) is 9.25. The van der Waals surface area contributed by atoms with Crippen LogP contribution >= 0.6 is 0 Å². The van der Waals surface area contributed by atoms with Crippen molar-refractivity contribution in [2.45, 2.75) is 38.2 Å². The summed E-state index contributed by atoms with van der Waals surface area (Å²) in [6.07, 6.45) is 9.15. The highest BCUT2D eigenvalue weighted by molar-refractivity contribution is 5.83. The number of carboxylic acids is 1. The van der Waals surface area contributed by atoms with Crippen LogP contribution in [0.5, 0.6) is 5.75 Å². The number of aromatic nitrogens is 3. The zero-order chi connectivity index (χ0) is 25.3. The fourth-order valence-corrected chi connectivity index (χ4v) is 5.01. The van der Waals surface area contributed by atoms with E-state index in [2.05, 4.69) is 31.7 Å². The Bertz CT molecular complexity index is 1220. The van der Waals surface area contributed by atoms with Gasteiger partial charge in [-0.25, -0.2) is 4.98 Å². The Morgan fingerprint density at radius 3 is 2.86 bits per heavy atom. The van der Waals surface area contributed by atoms with Crippen LogP contribution in [0.15, 0.2) is 49.1 Å². The van der Waals surface area contributed by atoms with Crippen molar-refractivity contribution >= 4 is 16.9 Å². The second-order valence-electron chi connectivity index (χ2n) is 9.25. The van der Waals surface area contributed by atoms with Crippen molar-refractivity contribution in [3.8, 4) is 17.6 Å². The lowest BCUT2D eigenvalue weighted by molar-refractivity contribution is -0.137. The molecule has 0 saturated carbocycles. The molecule has 3 atom stereocenters. The third-order valence-electron chi connectivity index (χ3n) is 6.94. The molecule has 2 N–H and O–H groups in total. The Hall–Kier alpha value is -3.54. The summed E-state index contributed by atoms with van der Waals surface area (Å²) in [6, 6.07) is 7.54. The molecule has 1 aliphatic rings. The van der Waals surface area contributed by atoms with Crippen molar-refractivity contribution in [2.24, 2.45) is 11.8 Å². The maximum atomic E-state index is 11.3. The van der Waals surface area contributed by atoms with Gasteiger partial charge < -0.3 is 14.9 Å². The van der Waals surface area contributed by atoms with E-state index in [9.17, 15) is 15.0 Å². The van der Waals surface area contributed by atoms with Crippen molar-refractivity contribution in [3.05, 3.63) is 60.3 Å². The number of aliphatic hydroxyl groups excluding tert-OH is 1. The third-order valence-corrected chi connectivity index (χ3v) is 6.94. The van der Waals surface area contributed by atoms with Gasteiger partial charge in [-0.3, -0.25) is 19.7 Å². The topological polar surface area (TPSA) is 109 Å². The van der Waals surface area contributed by atoms with Crippen LogP contribution in [0.3, 0.4) is 0 Å². The van der Waals surface area contributed by atoms with Crippen LogP contribution in [-0.2, 0) is 4.79 Å². The molecule has 188 valence electrons. The predicted octanol–water partition coefficient (Wildman–Crippen LogP) is 3.70. The van der Waals surface area contributed by atoms with Crippen LogP contribution in [-0.4, -0.2) is 62.8 Å². The Balaban J connectivity index is 1.39. The van der Waals surface area contributed by atoms with E-state index in [1.54, 1.807) is 31.9 Å². The number of hydrogen-bond donors (Lipinski definition) is 2. The quantitative estimate of drug-likeness (QED) is 0.439. The van der Waals surface area contributed by atoms with Gasteiger partial charge in [-0.05, 0) is 79.8 Å². The number of ether oxygens (including phenoxy) is 1. The molecule has 0 amide bonds. The number of pyridine rings is 1. The molecule has 0 spiro atoms. The number of fused-ring (bicyclic) bond motifs is 1. The highest BCUT2D eigenvalue weighted by Crippen LogP contribution is 2.35. The minimum absolute atomic E-state index is 0.150. The number of carbonyl (C=O) groups is 1. The number of hydrogen-bond acceptors (Lipinski definition) is 7. The molecule has 8 nitrogen and oxygen atoms in total. The minimum atomic E-state index is -0.773. The molecule has 8 heteroatoms. The highest BCUT2D eigenvalue weighted by atomic mass is 16.5. The first-order chi connectivity index (χ1) is 17.5. The summed E-state index contributed by atoms with van der Waals surface area (Å²) in [5.74, 6) is 6.77. The third kappa shape index (κ3) is 6.78. The van der Waals surface area contributed by atoms with E-state index in [0.29, 0.717) is 31.0 Å². The molecule has 2 aromatic heterocycles. The van der Waals surface area contributed by atoms with Crippen molar-refractivity contribution in [1.29, 1.82) is 0 Å². The fraction of sp³-hybridized carbons (Fsp3) is 0.429. The van der Waals surface area contributed by atoms with E-state index < -0.39 is 12.1 Å². The molecule has 0 radical (unpaired) electrons. The zero-order valence-electron chi connectivity index (χ0n) is 20.5. The standard InChI is InChI=1S/C28H32N4O4/c1-36-23-6-7-26-25(17-23)24(10-12-31-26)27(33)8-4-20-11-16-32(19-21(20)5-9-28(34)35)15-2-3-22-18-29-13-14-30-22/h6-7,10,12-14,17-18,20-21,27,33H,4-5,8-9,11,15-16,19H2,1H3,(H,34,35)/t20?,21?,27-/m0/s1. The van der Waals surface area contributed by atoms with Crippen LogP contribution in [0.4, 0.5) is 0 Å². The minimum Gasteiger partial charge on any atom is -0.497 e. The number of piperidine rings is 1. The Kier molecular flexibility index (Phi) is 8.82. The first kappa shape index (κ1) is 25.5. The average Bonchev–Trinajstić information content (AvgIpc) is 2.91. The molecule has 4 rings (SSSR count). The Morgan fingerprint density at radius 1 is 1.19 bits per heavy atom. The second kappa shape index (κ2) is 12.4. The van der Waals surface area contributed by atoms with Gasteiger partial charge in [-0.2, -0.15) is 0 Å². The van der Waals surface area contributed by atoms with Gasteiger partial charge >= 0.3 is 5.97 Å². The SMILES string of the molecule is COc1ccc2nccc([C@@H](O)CCC3CCN(CC#Cc4cnccn4)CC3CCC(=O)O)c2c1. The Morgan fingerprint density at radius 2 is 2.08 bits per heavy atom. The molecule has 2 unspecified atom stereocenters. The molecular weight excluding hydrogens is 456 g/mol. The number of likely N-dealkylation sites (tertiary alicyclic amines) is 1. The lowest BCUT2D eigenvalue weighted by atomic mass is 9.79. The first-order valence-corrected chi connectivity index (χ1v) is 12.3. The molecule has 0 aliphatic carbocycles. The molecule has 3 aromatic rings. The van der Waals surface area contributed by atoms with Gasteiger partial charge in [-0.15, -0.1) is 0 Å². The maximum Gasteiger partial charge on any atom is 0.303 e. The summed E-state index contributed by atoms with van der Waals surface area (Å²) in [4.78, 5) is 26.2. The molecule has 3 heterocycles. The Labute approximate surface area is 211 Å². The van der Waals surface area contributed by atoms with Gasteiger partial charge in [0.1, 0.15) is 11.4 Å². The molecule has 1 aliphatic heterocycles. The van der Waals surface area contributed by atoms with Crippen LogP contribution in [0, 0.1) is 23.7 Å². The van der Waals surface area contributed by atoms with E-state index in [4.69, 9.17) is 4.74 Å². The largest absolute Gasteiger partial charge is 0.497 e. The summed E-state index contributed by atoms with van der Waals surface area (Å²) in [6.45, 7) is 2.31. The molecule has 1 saturated heterocycles. The van der Waals surface area contributed by atoms with Crippen LogP contribution in [0.2, 0.25) is 0 Å². The number of aliphatic hydroxyl groups is 1. The van der Waals surface area contributed by atoms with Gasteiger partial charge in [0.15, 0.2) is 0 Å². The lowest BCUT2D eigenvalue weighted by Crippen LogP contribution is -2.41. The van der Waals surface area contributed by atoms with Crippen LogP contribution < -0.4 is 4.74 Å². The number of benzene rings is 1. The van der Waals surface area contributed by atoms with Gasteiger partial charge in [0, 0.05) is 36.9 Å². The number of rotatable bonds is 9. The number of methoxy groups -OCH3 is 1. The monoisotopic (exact) mass is 488 g/mol. The number of nitrogens with zero attached hydrogens (tertiary/aromatic N) is 4. The molecule has 1 aromatic carbocycles. The normalized spacial score (nSPS) is 18.8. The molecular formula is C28H32N4O4. The molecule has 36 heavy (non-hydrogen) atoms. The highest BCUT2D eigenvalue weighted by Gasteiger charge is 2.29. The summed E-state index contributed by atoms with van der Waals surface area (Å²) >= 11 is 0. The number of aliphatic carboxylic acids is 1. The molecule has 0 bridgehead atoms. The van der Waals surface area contributed by atoms with Crippen molar-refractivity contribution in [2.75, 3.05) is 26.7 Å². The van der Waals surface area contributed by atoms with Crippen LogP contribution in [0.25, 0.3) is 10.9 Å². The molecule has 1 fully saturated rings. The maximum absolute atomic E-state index is 11.3. The van der Waals surface area contributed by atoms with Crippen molar-refractivity contribution < 1.29 is 19.7 Å². The first-order valence-electron chi connectivity index (χ1n) is 12.3. The van der Waals surface area contributed by atoms with E-state index in [-0.39, 0.29) is 12.3 Å². The number of carboxylic acid groups (broad SMARTS) is 1. The van der Waals surface area contributed by atoms with E-state index in [0.717, 1.165) is 48.1 Å². The summed E-state index contributed by atoms with van der Waals surface area (Å²) in [7, 11) is 1.62. The summed E-state index contributed by atoms with van der Waals surface area (Å²) in [5.41, 5.74) is 2.31. The summed E-state index contributed by atoms with van der Waals surface area (Å²) < 4.78 is 5.36. The van der Waals surface area contributed by atoms with Gasteiger partial charge in [-0.1, -0.05) is 5.92 Å². The van der Waals surface area contributed by atoms with Crippen LogP contribution in [0.1, 0.15) is 49.5 Å². The zero-order valence-corrected chi connectivity index (χ0v) is 20.5. The predicted molar refractivity (Wildman–Crippen MR) is 136 cm³/mol. The van der Waals surface area contributed by atoms with E-state index >= 15 is 0 Å². The van der Waals surface area contributed by atoms with Gasteiger partial charge in [0.05, 0.1) is 31.5 Å². The van der Waals surface area contributed by atoms with E-state index in [1.807, 2.05) is 24.3 Å². The van der Waals surface area contributed by atoms with Crippen molar-refractivity contribution in [3.63, 3.8) is 0 Å². The van der Waals surface area contributed by atoms with Gasteiger partial charge in [0.2, 0.25) is 0 Å². The lowest BCUT2D eigenvalue weighted by Gasteiger charge is -2.38. The van der Waals surface area contributed by atoms with E-state index in [1.165, 1.54) is 0 Å². The fourth-order valence-electron chi connectivity index (χ4n) is 5.01. The van der Waals surface area contributed by atoms with Gasteiger partial charge in [0.25, 0.3) is 0 Å². The average molecular weight is 489 g/mol. The van der Waals surface area contributed by atoms with Crippen molar-refractivity contribution in [1.82, 2.24) is 19.9 Å².